The van der Waals surface area contributed by atoms with Crippen LogP contribution >= 0.6 is 15.9 Å². The monoisotopic (exact) mass is 368 g/mol. The Morgan fingerprint density at radius 1 is 1.04 bits per heavy atom. The Labute approximate surface area is 144 Å². The molecule has 0 spiro atoms. The van der Waals surface area contributed by atoms with E-state index in [9.17, 15) is 0 Å². The normalized spacial score (nSPS) is 10.4. The molecule has 116 valence electrons. The Morgan fingerprint density at radius 3 is 2.57 bits per heavy atom. The molecule has 1 N–H and O–H groups in total. The van der Waals surface area contributed by atoms with E-state index in [1.54, 1.807) is 6.20 Å². The van der Waals surface area contributed by atoms with Crippen LogP contribution in [0.1, 0.15) is 5.56 Å². The number of hydrogen-bond acceptors (Lipinski definition) is 4. The van der Waals surface area contributed by atoms with Crippen LogP contribution in [0.2, 0.25) is 0 Å². The fourth-order valence-electron chi connectivity index (χ4n) is 2.23. The van der Waals surface area contributed by atoms with Crippen LogP contribution in [0.3, 0.4) is 0 Å². The van der Waals surface area contributed by atoms with Crippen LogP contribution < -0.4 is 10.2 Å². The zero-order valence-electron chi connectivity index (χ0n) is 13.0. The summed E-state index contributed by atoms with van der Waals surface area (Å²) in [5.74, 6) is 1.41. The minimum absolute atomic E-state index is 0.576. The first-order valence-electron chi connectivity index (χ1n) is 7.28. The van der Waals surface area contributed by atoms with E-state index in [0.717, 1.165) is 27.2 Å². The number of para-hydroxylation sites is 1. The molecule has 0 aliphatic rings. The van der Waals surface area contributed by atoms with Crippen LogP contribution in [0.25, 0.3) is 0 Å². The van der Waals surface area contributed by atoms with Gasteiger partial charge in [-0.05, 0) is 48.9 Å². The van der Waals surface area contributed by atoms with Crippen molar-refractivity contribution in [2.24, 2.45) is 0 Å². The van der Waals surface area contributed by atoms with Gasteiger partial charge in [0.2, 0.25) is 5.95 Å². The minimum Gasteiger partial charge on any atom is -0.329 e. The first-order chi connectivity index (χ1) is 11.1. The van der Waals surface area contributed by atoms with E-state index in [0.29, 0.717) is 5.95 Å². The molecule has 0 aliphatic heterocycles. The molecule has 0 bridgehead atoms. The highest BCUT2D eigenvalue weighted by molar-refractivity contribution is 9.10. The van der Waals surface area contributed by atoms with Crippen molar-refractivity contribution in [2.45, 2.75) is 6.92 Å². The molecule has 3 rings (SSSR count). The van der Waals surface area contributed by atoms with E-state index < -0.39 is 0 Å². The van der Waals surface area contributed by atoms with E-state index in [1.807, 2.05) is 60.5 Å². The van der Waals surface area contributed by atoms with Crippen LogP contribution in [-0.2, 0) is 0 Å². The second kappa shape index (κ2) is 6.79. The average molecular weight is 369 g/mol. The van der Waals surface area contributed by atoms with Gasteiger partial charge in [-0.3, -0.25) is 0 Å². The molecule has 0 radical (unpaired) electrons. The van der Waals surface area contributed by atoms with Gasteiger partial charge in [0.25, 0.3) is 0 Å². The zero-order chi connectivity index (χ0) is 16.2. The number of anilines is 4. The fraction of sp³-hybridized carbons (Fsp3) is 0.111. The maximum Gasteiger partial charge on any atom is 0.229 e. The molecule has 0 saturated carbocycles. The van der Waals surface area contributed by atoms with Crippen molar-refractivity contribution in [3.63, 3.8) is 0 Å². The molecule has 5 heteroatoms. The number of benzene rings is 2. The maximum absolute atomic E-state index is 4.59. The Balaban J connectivity index is 1.83. The van der Waals surface area contributed by atoms with E-state index in [2.05, 4.69) is 44.2 Å². The predicted octanol–water partition coefficient (Wildman–Crippen LogP) is 5.06. The van der Waals surface area contributed by atoms with Crippen LogP contribution in [0.15, 0.2) is 65.3 Å². The lowest BCUT2D eigenvalue weighted by molar-refractivity contribution is 1.08. The van der Waals surface area contributed by atoms with E-state index >= 15 is 0 Å². The van der Waals surface area contributed by atoms with Crippen molar-refractivity contribution >= 4 is 39.1 Å². The highest BCUT2D eigenvalue weighted by Crippen LogP contribution is 2.24. The molecular formula is C18H17BrN4. The number of halogens is 1. The lowest BCUT2D eigenvalue weighted by Gasteiger charge is -2.18. The molecule has 0 fully saturated rings. The largest absolute Gasteiger partial charge is 0.329 e. The first-order valence-corrected chi connectivity index (χ1v) is 8.08. The summed E-state index contributed by atoms with van der Waals surface area (Å²) in [4.78, 5) is 10.9. The van der Waals surface area contributed by atoms with E-state index in [-0.39, 0.29) is 0 Å². The minimum atomic E-state index is 0.576. The van der Waals surface area contributed by atoms with Crippen LogP contribution in [0.5, 0.6) is 0 Å². The summed E-state index contributed by atoms with van der Waals surface area (Å²) in [6.07, 6.45) is 1.76. The molecule has 23 heavy (non-hydrogen) atoms. The van der Waals surface area contributed by atoms with Gasteiger partial charge in [0.15, 0.2) is 0 Å². The van der Waals surface area contributed by atoms with Crippen LogP contribution in [0, 0.1) is 6.92 Å². The molecular weight excluding hydrogens is 352 g/mol. The summed E-state index contributed by atoms with van der Waals surface area (Å²) in [5, 5.41) is 3.25. The molecule has 1 aromatic heterocycles. The Bertz CT molecular complexity index is 805. The van der Waals surface area contributed by atoms with Crippen LogP contribution in [-0.4, -0.2) is 17.0 Å². The number of aryl methyl sites for hydroxylation is 1. The van der Waals surface area contributed by atoms with Gasteiger partial charge >= 0.3 is 0 Å². The number of rotatable bonds is 4. The molecule has 3 aromatic rings. The third-order valence-electron chi connectivity index (χ3n) is 3.54. The summed E-state index contributed by atoms with van der Waals surface area (Å²) in [6, 6.07) is 18.1. The molecule has 0 unspecified atom stereocenters. The topological polar surface area (TPSA) is 41.1 Å². The van der Waals surface area contributed by atoms with Gasteiger partial charge in [-0.15, -0.1) is 0 Å². The van der Waals surface area contributed by atoms with Crippen molar-refractivity contribution < 1.29 is 0 Å². The quantitative estimate of drug-likeness (QED) is 0.698. The van der Waals surface area contributed by atoms with Gasteiger partial charge in [-0.1, -0.05) is 34.1 Å². The van der Waals surface area contributed by atoms with Gasteiger partial charge in [0.1, 0.15) is 5.82 Å². The lowest BCUT2D eigenvalue weighted by atomic mass is 10.2. The zero-order valence-corrected chi connectivity index (χ0v) is 14.6. The molecule has 1 heterocycles. The second-order valence-corrected chi connectivity index (χ2v) is 6.08. The smallest absolute Gasteiger partial charge is 0.229 e. The van der Waals surface area contributed by atoms with Gasteiger partial charge in [0, 0.05) is 29.1 Å². The number of aromatic nitrogens is 2. The molecule has 0 atom stereocenters. The number of nitrogens with one attached hydrogen (secondary N) is 1. The summed E-state index contributed by atoms with van der Waals surface area (Å²) < 4.78 is 1.08. The lowest BCUT2D eigenvalue weighted by Crippen LogP contribution is -2.12. The summed E-state index contributed by atoms with van der Waals surface area (Å²) >= 11 is 3.51. The van der Waals surface area contributed by atoms with Crippen molar-refractivity contribution in [2.75, 3.05) is 17.3 Å². The Kier molecular flexibility index (Phi) is 4.57. The second-order valence-electron chi connectivity index (χ2n) is 5.22. The van der Waals surface area contributed by atoms with Crippen LogP contribution in [0.4, 0.5) is 23.1 Å². The highest BCUT2D eigenvalue weighted by Gasteiger charge is 2.07. The predicted molar refractivity (Wildman–Crippen MR) is 98.7 cm³/mol. The van der Waals surface area contributed by atoms with Gasteiger partial charge in [-0.2, -0.15) is 4.98 Å². The van der Waals surface area contributed by atoms with Gasteiger partial charge in [0.05, 0.1) is 0 Å². The van der Waals surface area contributed by atoms with Crippen molar-refractivity contribution in [1.29, 1.82) is 0 Å². The van der Waals surface area contributed by atoms with Crippen molar-refractivity contribution in [1.82, 2.24) is 9.97 Å². The SMILES string of the molecule is Cc1cc(Nc2nccc(N(C)c3ccccc3)n2)ccc1Br. The molecule has 0 saturated heterocycles. The molecule has 2 aromatic carbocycles. The molecule has 0 amide bonds. The standard InChI is InChI=1S/C18H17BrN4/c1-13-12-14(8-9-16(13)19)21-18-20-11-10-17(22-18)23(2)15-6-4-3-5-7-15/h3-12H,1-2H3,(H,20,21,22). The summed E-state index contributed by atoms with van der Waals surface area (Å²) in [6.45, 7) is 2.05. The highest BCUT2D eigenvalue weighted by atomic mass is 79.9. The van der Waals surface area contributed by atoms with Crippen molar-refractivity contribution in [3.8, 4) is 0 Å². The van der Waals surface area contributed by atoms with E-state index in [1.165, 1.54) is 0 Å². The first kappa shape index (κ1) is 15.5. The summed E-state index contributed by atoms with van der Waals surface area (Å²) in [5.41, 5.74) is 3.20. The van der Waals surface area contributed by atoms with Gasteiger partial charge in [-0.25, -0.2) is 4.98 Å². The summed E-state index contributed by atoms with van der Waals surface area (Å²) in [7, 11) is 1.99. The molecule has 4 nitrogen and oxygen atoms in total. The third-order valence-corrected chi connectivity index (χ3v) is 4.43. The molecule has 0 aliphatic carbocycles. The Hall–Kier alpha value is -2.40. The number of nitrogens with zero attached hydrogens (tertiary/aromatic N) is 3. The van der Waals surface area contributed by atoms with E-state index in [4.69, 9.17) is 0 Å². The number of hydrogen-bond donors (Lipinski definition) is 1. The average Bonchev–Trinajstić information content (AvgIpc) is 2.58. The Morgan fingerprint density at radius 2 is 1.83 bits per heavy atom. The maximum atomic E-state index is 4.59. The third kappa shape index (κ3) is 3.68. The van der Waals surface area contributed by atoms with Gasteiger partial charge < -0.3 is 10.2 Å². The van der Waals surface area contributed by atoms with Crippen molar-refractivity contribution in [3.05, 3.63) is 70.8 Å². The fourth-order valence-corrected chi connectivity index (χ4v) is 2.48.